The van der Waals surface area contributed by atoms with Crippen LogP contribution in [0.5, 0.6) is 0 Å². The summed E-state index contributed by atoms with van der Waals surface area (Å²) in [7, 11) is 0. The lowest BCUT2D eigenvalue weighted by atomic mass is 10.1. The monoisotopic (exact) mass is 276 g/mol. The molecule has 5 heteroatoms. The lowest BCUT2D eigenvalue weighted by Gasteiger charge is -2.26. The highest BCUT2D eigenvalue weighted by Crippen LogP contribution is 2.08. The van der Waals surface area contributed by atoms with Crippen molar-refractivity contribution in [2.24, 2.45) is 10.9 Å². The van der Waals surface area contributed by atoms with Crippen LogP contribution in [0.2, 0.25) is 0 Å². The number of hydrogen-bond donors (Lipinski definition) is 3. The van der Waals surface area contributed by atoms with E-state index in [4.69, 9.17) is 10.9 Å². The van der Waals surface area contributed by atoms with Crippen LogP contribution in [-0.2, 0) is 6.54 Å². The lowest BCUT2D eigenvalue weighted by Crippen LogP contribution is -2.35. The Morgan fingerprint density at radius 2 is 2.10 bits per heavy atom. The minimum Gasteiger partial charge on any atom is -0.409 e. The molecule has 1 saturated heterocycles. The highest BCUT2D eigenvalue weighted by Gasteiger charge is 2.08. The van der Waals surface area contributed by atoms with Crippen LogP contribution in [-0.4, -0.2) is 42.1 Å². The van der Waals surface area contributed by atoms with E-state index in [1.165, 1.54) is 32.4 Å². The minimum atomic E-state index is 0.153. The number of oxime groups is 1. The molecule has 1 fully saturated rings. The Morgan fingerprint density at radius 1 is 1.30 bits per heavy atom. The topological polar surface area (TPSA) is 73.9 Å². The normalized spacial score (nSPS) is 17.3. The molecule has 0 aromatic heterocycles. The first kappa shape index (κ1) is 14.8. The fraction of sp³-hybridized carbons (Fsp3) is 0.533. The number of likely N-dealkylation sites (tertiary alicyclic amines) is 1. The molecule has 1 aliphatic rings. The average molecular weight is 276 g/mol. The van der Waals surface area contributed by atoms with Crippen LogP contribution in [0.15, 0.2) is 29.4 Å². The largest absolute Gasteiger partial charge is 0.409 e. The van der Waals surface area contributed by atoms with Gasteiger partial charge in [-0.15, -0.1) is 0 Å². The summed E-state index contributed by atoms with van der Waals surface area (Å²) >= 11 is 0. The molecule has 0 atom stereocenters. The van der Waals surface area contributed by atoms with E-state index in [0.717, 1.165) is 30.8 Å². The van der Waals surface area contributed by atoms with E-state index in [1.54, 1.807) is 0 Å². The van der Waals surface area contributed by atoms with Crippen molar-refractivity contribution in [2.75, 3.05) is 26.2 Å². The second kappa shape index (κ2) is 7.87. The zero-order chi connectivity index (χ0) is 14.2. The van der Waals surface area contributed by atoms with E-state index in [0.29, 0.717) is 0 Å². The lowest BCUT2D eigenvalue weighted by molar-refractivity contribution is 0.229. The van der Waals surface area contributed by atoms with Crippen molar-refractivity contribution in [3.8, 4) is 0 Å². The van der Waals surface area contributed by atoms with E-state index >= 15 is 0 Å². The molecule has 0 saturated carbocycles. The van der Waals surface area contributed by atoms with E-state index in [-0.39, 0.29) is 5.84 Å². The Morgan fingerprint density at radius 3 is 2.85 bits per heavy atom. The first-order chi connectivity index (χ1) is 9.79. The SMILES string of the molecule is NC(=NO)c1cccc(CNCCN2CCCCC2)c1. The molecule has 0 bridgehead atoms. The molecule has 0 spiro atoms. The molecule has 0 amide bonds. The highest BCUT2D eigenvalue weighted by atomic mass is 16.4. The summed E-state index contributed by atoms with van der Waals surface area (Å²) in [5.41, 5.74) is 7.49. The second-order valence-electron chi connectivity index (χ2n) is 5.26. The minimum absolute atomic E-state index is 0.153. The zero-order valence-electron chi connectivity index (χ0n) is 11.9. The second-order valence-corrected chi connectivity index (χ2v) is 5.26. The van der Waals surface area contributed by atoms with Crippen LogP contribution in [0, 0.1) is 0 Å². The Bertz CT molecular complexity index is 441. The van der Waals surface area contributed by atoms with Gasteiger partial charge in [0.15, 0.2) is 5.84 Å². The van der Waals surface area contributed by atoms with Crippen molar-refractivity contribution in [1.82, 2.24) is 10.2 Å². The highest BCUT2D eigenvalue weighted by molar-refractivity contribution is 5.97. The van der Waals surface area contributed by atoms with Gasteiger partial charge in [0.05, 0.1) is 0 Å². The van der Waals surface area contributed by atoms with E-state index in [1.807, 2.05) is 24.3 Å². The molecule has 1 aromatic carbocycles. The molecule has 0 aliphatic carbocycles. The molecule has 0 unspecified atom stereocenters. The van der Waals surface area contributed by atoms with Crippen LogP contribution in [0.25, 0.3) is 0 Å². The summed E-state index contributed by atoms with van der Waals surface area (Å²) in [4.78, 5) is 2.52. The first-order valence-electron chi connectivity index (χ1n) is 7.29. The summed E-state index contributed by atoms with van der Waals surface area (Å²) in [5.74, 6) is 0.153. The third-order valence-electron chi connectivity index (χ3n) is 3.71. The summed E-state index contributed by atoms with van der Waals surface area (Å²) in [6.45, 7) is 5.38. The summed E-state index contributed by atoms with van der Waals surface area (Å²) < 4.78 is 0. The number of rotatable bonds is 6. The van der Waals surface area contributed by atoms with Gasteiger partial charge in [0.1, 0.15) is 0 Å². The molecular formula is C15H24N4O. The number of nitrogens with zero attached hydrogens (tertiary/aromatic N) is 2. The van der Waals surface area contributed by atoms with Gasteiger partial charge in [0.2, 0.25) is 0 Å². The van der Waals surface area contributed by atoms with Crippen molar-refractivity contribution in [3.63, 3.8) is 0 Å². The van der Waals surface area contributed by atoms with Gasteiger partial charge in [-0.1, -0.05) is 29.8 Å². The summed E-state index contributed by atoms with van der Waals surface area (Å²) in [5, 5.41) is 15.2. The molecule has 1 heterocycles. The molecule has 1 aromatic rings. The zero-order valence-corrected chi connectivity index (χ0v) is 11.9. The van der Waals surface area contributed by atoms with Crippen LogP contribution >= 0.6 is 0 Å². The standard InChI is InChI=1S/C15H24N4O/c16-15(18-20)14-6-4-5-13(11-14)12-17-7-10-19-8-2-1-3-9-19/h4-6,11,17,20H,1-3,7-10,12H2,(H2,16,18). The number of nitrogens with one attached hydrogen (secondary N) is 1. The predicted molar refractivity (Wildman–Crippen MR) is 81.0 cm³/mol. The predicted octanol–water partition coefficient (Wildman–Crippen LogP) is 1.36. The van der Waals surface area contributed by atoms with Gasteiger partial charge in [0.25, 0.3) is 0 Å². The average Bonchev–Trinajstić information content (AvgIpc) is 2.52. The summed E-state index contributed by atoms with van der Waals surface area (Å²) in [6, 6.07) is 7.76. The Balaban J connectivity index is 1.73. The molecule has 1 aliphatic heterocycles. The van der Waals surface area contributed by atoms with Crippen LogP contribution in [0.1, 0.15) is 30.4 Å². The number of benzene rings is 1. The van der Waals surface area contributed by atoms with Crippen LogP contribution < -0.4 is 11.1 Å². The smallest absolute Gasteiger partial charge is 0.170 e. The van der Waals surface area contributed by atoms with E-state index in [9.17, 15) is 0 Å². The Hall–Kier alpha value is -1.59. The molecule has 20 heavy (non-hydrogen) atoms. The van der Waals surface area contributed by atoms with Gasteiger partial charge in [-0.3, -0.25) is 0 Å². The van der Waals surface area contributed by atoms with Gasteiger partial charge in [-0.25, -0.2) is 0 Å². The van der Waals surface area contributed by atoms with Gasteiger partial charge >= 0.3 is 0 Å². The number of hydrogen-bond acceptors (Lipinski definition) is 4. The maximum atomic E-state index is 8.68. The first-order valence-corrected chi connectivity index (χ1v) is 7.29. The molecule has 4 N–H and O–H groups in total. The maximum Gasteiger partial charge on any atom is 0.170 e. The van der Waals surface area contributed by atoms with Gasteiger partial charge in [-0.2, -0.15) is 0 Å². The summed E-state index contributed by atoms with van der Waals surface area (Å²) in [6.07, 6.45) is 4.05. The van der Waals surface area contributed by atoms with Crippen molar-refractivity contribution < 1.29 is 5.21 Å². The molecule has 2 rings (SSSR count). The fourth-order valence-electron chi connectivity index (χ4n) is 2.55. The van der Waals surface area contributed by atoms with E-state index < -0.39 is 0 Å². The quantitative estimate of drug-likeness (QED) is 0.241. The van der Waals surface area contributed by atoms with Crippen molar-refractivity contribution in [1.29, 1.82) is 0 Å². The maximum absolute atomic E-state index is 8.68. The molecule has 0 radical (unpaired) electrons. The van der Waals surface area contributed by atoms with Crippen molar-refractivity contribution in [3.05, 3.63) is 35.4 Å². The van der Waals surface area contributed by atoms with Gasteiger partial charge in [-0.05, 0) is 37.6 Å². The Kier molecular flexibility index (Phi) is 5.83. The fourth-order valence-corrected chi connectivity index (χ4v) is 2.55. The Labute approximate surface area is 120 Å². The van der Waals surface area contributed by atoms with Crippen molar-refractivity contribution >= 4 is 5.84 Å². The van der Waals surface area contributed by atoms with Crippen molar-refractivity contribution in [2.45, 2.75) is 25.8 Å². The molecular weight excluding hydrogens is 252 g/mol. The number of nitrogens with two attached hydrogens (primary N) is 1. The third kappa shape index (κ3) is 4.51. The molecule has 110 valence electrons. The van der Waals surface area contributed by atoms with Crippen LogP contribution in [0.4, 0.5) is 0 Å². The van der Waals surface area contributed by atoms with Gasteiger partial charge < -0.3 is 21.2 Å². The molecule has 5 nitrogen and oxygen atoms in total. The van der Waals surface area contributed by atoms with Gasteiger partial charge in [0, 0.05) is 25.2 Å². The van der Waals surface area contributed by atoms with Crippen LogP contribution in [0.3, 0.4) is 0 Å². The number of piperidine rings is 1. The third-order valence-corrected chi connectivity index (χ3v) is 3.71. The van der Waals surface area contributed by atoms with E-state index in [2.05, 4.69) is 15.4 Å². The number of amidine groups is 1.